The lowest BCUT2D eigenvalue weighted by Crippen LogP contribution is -2.30. The van der Waals surface area contributed by atoms with Crippen LogP contribution in [0.25, 0.3) is 0 Å². The first-order valence-corrected chi connectivity index (χ1v) is 7.94. The first-order chi connectivity index (χ1) is 11.6. The number of nitrogens with zero attached hydrogens (tertiary/aromatic N) is 3. The molecule has 0 bridgehead atoms. The molecule has 0 radical (unpaired) electrons. The molecular weight excluding hydrogens is 294 g/mol. The monoisotopic (exact) mass is 313 g/mol. The second kappa shape index (κ2) is 6.64. The number of aryl methyl sites for hydroxylation is 2. The average Bonchev–Trinajstić information content (AvgIpc) is 2.63. The van der Waals surface area contributed by atoms with E-state index >= 15 is 0 Å². The SMILES string of the molecule is Cc1ccc(CC(C#N)(c2ccc(C)cc2)c2cnccn2)cc1. The van der Waals surface area contributed by atoms with Crippen molar-refractivity contribution in [2.24, 2.45) is 0 Å². The van der Waals surface area contributed by atoms with E-state index in [0.29, 0.717) is 12.1 Å². The summed E-state index contributed by atoms with van der Waals surface area (Å²) in [7, 11) is 0. The third-order valence-corrected chi connectivity index (χ3v) is 4.33. The molecule has 0 aliphatic carbocycles. The van der Waals surface area contributed by atoms with Gasteiger partial charge in [0.15, 0.2) is 0 Å². The van der Waals surface area contributed by atoms with Gasteiger partial charge in [0.1, 0.15) is 5.41 Å². The van der Waals surface area contributed by atoms with Crippen molar-refractivity contribution in [3.8, 4) is 6.07 Å². The topological polar surface area (TPSA) is 49.6 Å². The van der Waals surface area contributed by atoms with Crippen molar-refractivity contribution >= 4 is 0 Å². The molecule has 3 rings (SSSR count). The van der Waals surface area contributed by atoms with Gasteiger partial charge in [-0.25, -0.2) is 0 Å². The van der Waals surface area contributed by atoms with Crippen LogP contribution in [0.4, 0.5) is 0 Å². The van der Waals surface area contributed by atoms with E-state index in [-0.39, 0.29) is 0 Å². The summed E-state index contributed by atoms with van der Waals surface area (Å²) in [4.78, 5) is 8.63. The van der Waals surface area contributed by atoms with Crippen LogP contribution in [0.15, 0.2) is 67.1 Å². The maximum atomic E-state index is 10.2. The lowest BCUT2D eigenvalue weighted by Gasteiger charge is -2.27. The Hall–Kier alpha value is -2.99. The van der Waals surface area contributed by atoms with E-state index in [9.17, 15) is 5.26 Å². The molecule has 2 aromatic carbocycles. The van der Waals surface area contributed by atoms with E-state index in [4.69, 9.17) is 0 Å². The van der Waals surface area contributed by atoms with Crippen molar-refractivity contribution in [2.45, 2.75) is 25.7 Å². The normalized spacial score (nSPS) is 13.0. The summed E-state index contributed by atoms with van der Waals surface area (Å²) < 4.78 is 0. The molecule has 3 nitrogen and oxygen atoms in total. The number of nitriles is 1. The zero-order valence-electron chi connectivity index (χ0n) is 13.9. The number of hydrogen-bond acceptors (Lipinski definition) is 3. The van der Waals surface area contributed by atoms with E-state index in [0.717, 1.165) is 11.1 Å². The average molecular weight is 313 g/mol. The number of aromatic nitrogens is 2. The largest absolute Gasteiger partial charge is 0.261 e. The molecule has 0 amide bonds. The maximum absolute atomic E-state index is 10.2. The fourth-order valence-corrected chi connectivity index (χ4v) is 2.87. The van der Waals surface area contributed by atoms with Crippen LogP contribution in [0.3, 0.4) is 0 Å². The van der Waals surface area contributed by atoms with Crippen LogP contribution in [-0.4, -0.2) is 9.97 Å². The molecule has 1 atom stereocenters. The van der Waals surface area contributed by atoms with Gasteiger partial charge in [0.05, 0.1) is 18.0 Å². The van der Waals surface area contributed by atoms with Crippen molar-refractivity contribution < 1.29 is 0 Å². The van der Waals surface area contributed by atoms with Crippen LogP contribution in [-0.2, 0) is 11.8 Å². The zero-order valence-corrected chi connectivity index (χ0v) is 13.9. The minimum absolute atomic E-state index is 0.561. The Morgan fingerprint density at radius 1 is 0.917 bits per heavy atom. The Balaban J connectivity index is 2.14. The van der Waals surface area contributed by atoms with E-state index in [1.165, 1.54) is 11.1 Å². The molecule has 3 heteroatoms. The van der Waals surface area contributed by atoms with E-state index in [1.807, 2.05) is 31.2 Å². The van der Waals surface area contributed by atoms with Gasteiger partial charge in [-0.05, 0) is 25.0 Å². The maximum Gasteiger partial charge on any atom is 0.130 e. The molecule has 0 saturated carbocycles. The third kappa shape index (κ3) is 3.04. The molecule has 1 unspecified atom stereocenters. The molecular formula is C21H19N3. The van der Waals surface area contributed by atoms with Crippen LogP contribution < -0.4 is 0 Å². The molecule has 0 fully saturated rings. The summed E-state index contributed by atoms with van der Waals surface area (Å²) in [6.45, 7) is 4.10. The quantitative estimate of drug-likeness (QED) is 0.727. The minimum atomic E-state index is -0.850. The molecule has 1 heterocycles. The van der Waals surface area contributed by atoms with E-state index in [2.05, 4.69) is 47.2 Å². The van der Waals surface area contributed by atoms with E-state index in [1.54, 1.807) is 18.6 Å². The van der Waals surface area contributed by atoms with Gasteiger partial charge in [-0.15, -0.1) is 0 Å². The molecule has 0 saturated heterocycles. The summed E-state index contributed by atoms with van der Waals surface area (Å²) >= 11 is 0. The Labute approximate surface area is 142 Å². The van der Waals surface area contributed by atoms with Crippen LogP contribution in [0, 0.1) is 25.2 Å². The predicted octanol–water partition coefficient (Wildman–Crippen LogP) is 4.15. The van der Waals surface area contributed by atoms with Gasteiger partial charge in [-0.1, -0.05) is 59.7 Å². The smallest absolute Gasteiger partial charge is 0.130 e. The minimum Gasteiger partial charge on any atom is -0.261 e. The molecule has 0 spiro atoms. The molecule has 3 aromatic rings. The summed E-state index contributed by atoms with van der Waals surface area (Å²) in [6, 6.07) is 18.9. The fourth-order valence-electron chi connectivity index (χ4n) is 2.87. The van der Waals surface area contributed by atoms with Crippen molar-refractivity contribution in [3.05, 3.63) is 95.1 Å². The van der Waals surface area contributed by atoms with Crippen molar-refractivity contribution in [3.63, 3.8) is 0 Å². The number of rotatable bonds is 4. The Kier molecular flexibility index (Phi) is 4.39. The molecule has 118 valence electrons. The molecule has 1 aromatic heterocycles. The highest BCUT2D eigenvalue weighted by Crippen LogP contribution is 2.34. The van der Waals surface area contributed by atoms with Crippen LogP contribution in [0.1, 0.15) is 27.9 Å². The lowest BCUT2D eigenvalue weighted by atomic mass is 9.74. The first kappa shape index (κ1) is 15.9. The predicted molar refractivity (Wildman–Crippen MR) is 94.5 cm³/mol. The van der Waals surface area contributed by atoms with Crippen molar-refractivity contribution in [1.82, 2.24) is 9.97 Å². The standard InChI is InChI=1S/C21H19N3/c1-16-3-7-18(8-4-16)13-21(15-22,20-14-23-11-12-24-20)19-9-5-17(2)6-10-19/h3-12,14H,13H2,1-2H3. The zero-order chi connectivity index (χ0) is 17.0. The second-order valence-corrected chi connectivity index (χ2v) is 6.14. The molecule has 24 heavy (non-hydrogen) atoms. The van der Waals surface area contributed by atoms with Crippen LogP contribution >= 0.6 is 0 Å². The number of hydrogen-bond donors (Lipinski definition) is 0. The Morgan fingerprint density at radius 2 is 1.54 bits per heavy atom. The summed E-state index contributed by atoms with van der Waals surface area (Å²) in [6.07, 6.45) is 5.53. The van der Waals surface area contributed by atoms with Gasteiger partial charge >= 0.3 is 0 Å². The van der Waals surface area contributed by atoms with Crippen LogP contribution in [0.5, 0.6) is 0 Å². The fraction of sp³-hybridized carbons (Fsp3) is 0.190. The second-order valence-electron chi connectivity index (χ2n) is 6.14. The molecule has 0 aliphatic heterocycles. The van der Waals surface area contributed by atoms with Gasteiger partial charge in [-0.3, -0.25) is 9.97 Å². The number of benzene rings is 2. The third-order valence-electron chi connectivity index (χ3n) is 4.33. The first-order valence-electron chi connectivity index (χ1n) is 7.94. The summed E-state index contributed by atoms with van der Waals surface area (Å²) in [5.74, 6) is 0. The highest BCUT2D eigenvalue weighted by molar-refractivity contribution is 5.45. The highest BCUT2D eigenvalue weighted by Gasteiger charge is 2.36. The Bertz CT molecular complexity index is 846. The summed E-state index contributed by atoms with van der Waals surface area (Å²) in [5, 5.41) is 10.2. The van der Waals surface area contributed by atoms with Gasteiger partial charge in [0, 0.05) is 18.8 Å². The van der Waals surface area contributed by atoms with Crippen LogP contribution in [0.2, 0.25) is 0 Å². The Morgan fingerprint density at radius 3 is 2.08 bits per heavy atom. The summed E-state index contributed by atoms with van der Waals surface area (Å²) in [5.41, 5.74) is 4.25. The van der Waals surface area contributed by atoms with E-state index < -0.39 is 5.41 Å². The van der Waals surface area contributed by atoms with Crippen molar-refractivity contribution in [2.75, 3.05) is 0 Å². The highest BCUT2D eigenvalue weighted by atomic mass is 14.8. The van der Waals surface area contributed by atoms with Crippen molar-refractivity contribution in [1.29, 1.82) is 5.26 Å². The van der Waals surface area contributed by atoms with Gasteiger partial charge in [0.25, 0.3) is 0 Å². The molecule has 0 N–H and O–H groups in total. The van der Waals surface area contributed by atoms with Gasteiger partial charge < -0.3 is 0 Å². The molecule has 0 aliphatic rings. The van der Waals surface area contributed by atoms with Gasteiger partial charge in [0.2, 0.25) is 0 Å². The van der Waals surface area contributed by atoms with Gasteiger partial charge in [-0.2, -0.15) is 5.26 Å². The lowest BCUT2D eigenvalue weighted by molar-refractivity contribution is 0.626.